The fourth-order valence-corrected chi connectivity index (χ4v) is 4.14. The number of hydrogen-bond donors (Lipinski definition) is 2. The fourth-order valence-electron chi connectivity index (χ4n) is 4.14. The molecule has 9 heteroatoms. The molecule has 1 fully saturated rings. The number of nitrogens with zero attached hydrogens (tertiary/aromatic N) is 3. The number of aliphatic hydroxyl groups excluding tert-OH is 1. The van der Waals surface area contributed by atoms with E-state index in [9.17, 15) is 9.90 Å². The van der Waals surface area contributed by atoms with Crippen LogP contribution in [0.4, 0.5) is 0 Å². The van der Waals surface area contributed by atoms with E-state index in [1.165, 1.54) is 0 Å². The number of aromatic nitrogens is 3. The first-order valence-electron chi connectivity index (χ1n) is 11.4. The summed E-state index contributed by atoms with van der Waals surface area (Å²) in [5.41, 5.74) is 4.94. The Bertz CT molecular complexity index is 1160. The molecule has 1 aliphatic heterocycles. The van der Waals surface area contributed by atoms with E-state index in [2.05, 4.69) is 10.5 Å². The second-order valence-corrected chi connectivity index (χ2v) is 8.67. The summed E-state index contributed by atoms with van der Waals surface area (Å²) >= 11 is 0. The lowest BCUT2D eigenvalue weighted by Gasteiger charge is -2.15. The van der Waals surface area contributed by atoms with E-state index < -0.39 is 6.10 Å². The van der Waals surface area contributed by atoms with Gasteiger partial charge in [0, 0.05) is 23.7 Å². The molecule has 3 heterocycles. The van der Waals surface area contributed by atoms with Crippen LogP contribution in [-0.2, 0) is 16.0 Å². The van der Waals surface area contributed by atoms with E-state index in [0.717, 1.165) is 33.8 Å². The van der Waals surface area contributed by atoms with Gasteiger partial charge < -0.3 is 24.4 Å². The maximum Gasteiger partial charge on any atom is 0.306 e. The number of hydrogen-bond acceptors (Lipinski definition) is 9. The number of rotatable bonds is 9. The quantitative estimate of drug-likeness (QED) is 0.459. The highest BCUT2D eigenvalue weighted by molar-refractivity contribution is 5.72. The Balaban J connectivity index is 1.72. The second kappa shape index (κ2) is 10.3. The van der Waals surface area contributed by atoms with Crippen molar-refractivity contribution < 1.29 is 23.9 Å². The highest BCUT2D eigenvalue weighted by Gasteiger charge is 2.27. The Morgan fingerprint density at radius 1 is 1.26 bits per heavy atom. The summed E-state index contributed by atoms with van der Waals surface area (Å²) < 4.78 is 16.3. The van der Waals surface area contributed by atoms with Crippen molar-refractivity contribution in [1.82, 2.24) is 20.4 Å². The molecular formula is C25H30N4O5. The second-order valence-electron chi connectivity index (χ2n) is 8.67. The topological polar surface area (TPSA) is 120 Å². The molecule has 1 aromatic carbocycles. The standard InChI is InChI=1S/C25H30N4O5/c1-14-21(8-17-9-22(31)33-12-17)27-25(28-24(14)23-15(2)29-34-16(23)3)18-6-5-7-20(10-18)32-13-19(30)11-26-4/h5-7,10,17,19,26,30H,8-9,11-13H2,1-4H3/t17-,19?/m0/s1. The molecule has 9 nitrogen and oxygen atoms in total. The third kappa shape index (κ3) is 5.26. The Kier molecular flexibility index (Phi) is 7.23. The molecule has 2 atom stereocenters. The number of carbonyl (C=O) groups excluding carboxylic acids is 1. The number of carbonyl (C=O) groups is 1. The zero-order valence-electron chi connectivity index (χ0n) is 19.9. The van der Waals surface area contributed by atoms with Crippen LogP contribution in [0.5, 0.6) is 5.75 Å². The van der Waals surface area contributed by atoms with Crippen molar-refractivity contribution in [3.63, 3.8) is 0 Å². The Morgan fingerprint density at radius 2 is 2.09 bits per heavy atom. The molecule has 180 valence electrons. The summed E-state index contributed by atoms with van der Waals surface area (Å²) in [6.07, 6.45) is 0.381. The highest BCUT2D eigenvalue weighted by Crippen LogP contribution is 2.33. The number of benzene rings is 1. The molecule has 0 amide bonds. The lowest BCUT2D eigenvalue weighted by Crippen LogP contribution is -2.29. The molecule has 4 rings (SSSR count). The molecule has 0 radical (unpaired) electrons. The third-order valence-electron chi connectivity index (χ3n) is 5.91. The minimum atomic E-state index is -0.613. The summed E-state index contributed by atoms with van der Waals surface area (Å²) in [4.78, 5) is 21.4. The lowest BCUT2D eigenvalue weighted by atomic mass is 9.96. The van der Waals surface area contributed by atoms with Gasteiger partial charge in [-0.3, -0.25) is 4.79 Å². The van der Waals surface area contributed by atoms with E-state index in [-0.39, 0.29) is 18.5 Å². The van der Waals surface area contributed by atoms with Gasteiger partial charge in [-0.1, -0.05) is 17.3 Å². The van der Waals surface area contributed by atoms with E-state index in [1.54, 1.807) is 7.05 Å². The first kappa shape index (κ1) is 23.8. The molecular weight excluding hydrogens is 436 g/mol. The molecule has 0 spiro atoms. The normalized spacial score (nSPS) is 16.5. The third-order valence-corrected chi connectivity index (χ3v) is 5.91. The molecule has 0 bridgehead atoms. The van der Waals surface area contributed by atoms with Crippen LogP contribution in [-0.4, -0.2) is 59.1 Å². The summed E-state index contributed by atoms with van der Waals surface area (Å²) in [5.74, 6) is 1.75. The van der Waals surface area contributed by atoms with Crippen LogP contribution in [0.25, 0.3) is 22.6 Å². The van der Waals surface area contributed by atoms with Gasteiger partial charge in [0.2, 0.25) is 0 Å². The Labute approximate surface area is 198 Å². The monoisotopic (exact) mass is 466 g/mol. The van der Waals surface area contributed by atoms with Crippen molar-refractivity contribution in [1.29, 1.82) is 0 Å². The van der Waals surface area contributed by atoms with Crippen LogP contribution in [0.1, 0.15) is 29.1 Å². The van der Waals surface area contributed by atoms with Gasteiger partial charge >= 0.3 is 5.97 Å². The van der Waals surface area contributed by atoms with Gasteiger partial charge in [-0.2, -0.15) is 0 Å². The first-order valence-corrected chi connectivity index (χ1v) is 11.4. The number of likely N-dealkylation sites (N-methyl/N-ethyl adjacent to an activating group) is 1. The lowest BCUT2D eigenvalue weighted by molar-refractivity contribution is -0.137. The number of aliphatic hydroxyl groups is 1. The van der Waals surface area contributed by atoms with Gasteiger partial charge in [-0.05, 0) is 51.9 Å². The Hall–Kier alpha value is -3.30. The van der Waals surface area contributed by atoms with Crippen molar-refractivity contribution in [3.05, 3.63) is 47.0 Å². The van der Waals surface area contributed by atoms with Crippen LogP contribution >= 0.6 is 0 Å². The Morgan fingerprint density at radius 3 is 2.76 bits per heavy atom. The minimum absolute atomic E-state index is 0.0785. The number of cyclic esters (lactones) is 1. The van der Waals surface area contributed by atoms with Crippen molar-refractivity contribution in [2.45, 2.75) is 39.7 Å². The first-order chi connectivity index (χ1) is 16.4. The minimum Gasteiger partial charge on any atom is -0.491 e. The zero-order chi connectivity index (χ0) is 24.2. The summed E-state index contributed by atoms with van der Waals surface area (Å²) in [7, 11) is 1.78. The van der Waals surface area contributed by atoms with Crippen LogP contribution < -0.4 is 10.1 Å². The molecule has 34 heavy (non-hydrogen) atoms. The van der Waals surface area contributed by atoms with Gasteiger partial charge in [-0.15, -0.1) is 0 Å². The molecule has 1 aliphatic rings. The fraction of sp³-hybridized carbons (Fsp3) is 0.440. The van der Waals surface area contributed by atoms with E-state index in [1.807, 2.05) is 45.0 Å². The largest absolute Gasteiger partial charge is 0.491 e. The van der Waals surface area contributed by atoms with Crippen molar-refractivity contribution in [2.75, 3.05) is 26.8 Å². The summed E-state index contributed by atoms with van der Waals surface area (Å²) in [5, 5.41) is 17.0. The zero-order valence-corrected chi connectivity index (χ0v) is 19.9. The molecule has 0 aliphatic carbocycles. The van der Waals surface area contributed by atoms with Crippen molar-refractivity contribution in [3.8, 4) is 28.4 Å². The van der Waals surface area contributed by atoms with E-state index in [0.29, 0.717) is 43.3 Å². The van der Waals surface area contributed by atoms with Gasteiger partial charge in [0.05, 0.1) is 30.0 Å². The molecule has 1 unspecified atom stereocenters. The van der Waals surface area contributed by atoms with Gasteiger partial charge in [-0.25, -0.2) is 9.97 Å². The predicted molar refractivity (Wildman–Crippen MR) is 125 cm³/mol. The summed E-state index contributed by atoms with van der Waals surface area (Å²) in [6, 6.07) is 7.49. The molecule has 0 saturated carbocycles. The maximum absolute atomic E-state index is 11.6. The average Bonchev–Trinajstić information content (AvgIpc) is 3.38. The number of aryl methyl sites for hydroxylation is 2. The average molecular weight is 467 g/mol. The van der Waals surface area contributed by atoms with Gasteiger partial charge in [0.15, 0.2) is 5.82 Å². The van der Waals surface area contributed by atoms with Crippen LogP contribution in [0.15, 0.2) is 28.8 Å². The van der Waals surface area contributed by atoms with E-state index >= 15 is 0 Å². The van der Waals surface area contributed by atoms with Crippen molar-refractivity contribution in [2.24, 2.45) is 5.92 Å². The van der Waals surface area contributed by atoms with Crippen molar-refractivity contribution >= 4 is 5.97 Å². The predicted octanol–water partition coefficient (Wildman–Crippen LogP) is 2.79. The van der Waals surface area contributed by atoms with Gasteiger partial charge in [0.1, 0.15) is 24.2 Å². The molecule has 1 saturated heterocycles. The number of ether oxygens (including phenoxy) is 2. The maximum atomic E-state index is 11.6. The highest BCUT2D eigenvalue weighted by atomic mass is 16.5. The number of esters is 1. The van der Waals surface area contributed by atoms with E-state index in [4.69, 9.17) is 24.0 Å². The molecule has 2 aromatic heterocycles. The van der Waals surface area contributed by atoms with Crippen LogP contribution in [0.2, 0.25) is 0 Å². The SMILES string of the molecule is CNCC(O)COc1cccc(-c2nc(C[C@@H]3COC(=O)C3)c(C)c(-c3c(C)noc3C)n2)c1. The number of nitrogens with one attached hydrogen (secondary N) is 1. The van der Waals surface area contributed by atoms with Crippen LogP contribution in [0, 0.1) is 26.7 Å². The molecule has 3 aromatic rings. The van der Waals surface area contributed by atoms with Crippen LogP contribution in [0.3, 0.4) is 0 Å². The smallest absolute Gasteiger partial charge is 0.306 e. The molecule has 2 N–H and O–H groups in total. The van der Waals surface area contributed by atoms with Gasteiger partial charge in [0.25, 0.3) is 0 Å². The summed E-state index contributed by atoms with van der Waals surface area (Å²) in [6.45, 7) is 6.76.